The van der Waals surface area contributed by atoms with Crippen molar-refractivity contribution in [1.82, 2.24) is 29.1 Å². The second-order valence-corrected chi connectivity index (χ2v) is 20.1. The number of thiophene rings is 1. The number of nitrogens with zero attached hydrogens (tertiary/aromatic N) is 6. The first kappa shape index (κ1) is 43.6. The van der Waals surface area contributed by atoms with Crippen LogP contribution in [0.5, 0.6) is 0 Å². The van der Waals surface area contributed by atoms with Crippen molar-refractivity contribution in [3.8, 4) is 56.1 Å². The minimum absolute atomic E-state index is 0.713. The second kappa shape index (κ2) is 17.9. The predicted molar refractivity (Wildman–Crippen MR) is 315 cm³/mol. The molecule has 356 valence electrons. The number of hydrogen-bond donors (Lipinski definition) is 0. The summed E-state index contributed by atoms with van der Waals surface area (Å²) < 4.78 is 13.3. The molecule has 0 aliphatic heterocycles. The molecule has 8 heteroatoms. The van der Waals surface area contributed by atoms with Gasteiger partial charge >= 0.3 is 0 Å². The van der Waals surface area contributed by atoms with Gasteiger partial charge in [-0.25, -0.2) is 19.9 Å². The van der Waals surface area contributed by atoms with Gasteiger partial charge in [-0.2, -0.15) is 0 Å². The lowest BCUT2D eigenvalue weighted by atomic mass is 10.0. The highest BCUT2D eigenvalue weighted by Crippen LogP contribution is 2.40. The number of furan rings is 1. The van der Waals surface area contributed by atoms with Gasteiger partial charge in [0.25, 0.3) is 0 Å². The van der Waals surface area contributed by atoms with Crippen LogP contribution in [0.3, 0.4) is 0 Å². The maximum atomic E-state index is 6.21. The van der Waals surface area contributed by atoms with E-state index in [0.29, 0.717) is 5.58 Å². The van der Waals surface area contributed by atoms with Crippen molar-refractivity contribution in [1.29, 1.82) is 0 Å². The molecule has 0 radical (unpaired) electrons. The van der Waals surface area contributed by atoms with Crippen LogP contribution in [0.1, 0.15) is 0 Å². The average molecular weight is 991 g/mol. The Kier molecular flexibility index (Phi) is 10.2. The fourth-order valence-corrected chi connectivity index (χ4v) is 12.4. The molecule has 7 nitrogen and oxygen atoms in total. The monoisotopic (exact) mass is 990 g/mol. The molecule has 0 saturated carbocycles. The molecular weight excluding hydrogens is 949 g/mol. The molecule has 76 heavy (non-hydrogen) atoms. The average Bonchev–Trinajstić information content (AvgIpc) is 4.27. The van der Waals surface area contributed by atoms with Gasteiger partial charge in [-0.1, -0.05) is 164 Å². The van der Waals surface area contributed by atoms with Crippen molar-refractivity contribution < 1.29 is 4.42 Å². The van der Waals surface area contributed by atoms with E-state index < -0.39 is 0 Å². The van der Waals surface area contributed by atoms with Gasteiger partial charge in [0.2, 0.25) is 0 Å². The standard InChI is InChI=1S/C34H21N3O.C34H21N3S/c2*1-4-16-29-26(13-1)27-14-2-5-17-30(27)37(29)25-12-8-10-23(20-25)22-9-7-11-24(19-22)32-34-33(36-21-35-32)28-15-3-6-18-31(28)38-34/h2*1-21H. The highest BCUT2D eigenvalue weighted by molar-refractivity contribution is 7.26. The Balaban J connectivity index is 0.000000133. The quantitative estimate of drug-likeness (QED) is 0.166. The number of hydrogen-bond acceptors (Lipinski definition) is 6. The molecule has 0 amide bonds. The van der Waals surface area contributed by atoms with Crippen LogP contribution in [-0.4, -0.2) is 29.1 Å². The van der Waals surface area contributed by atoms with Crippen LogP contribution in [0, 0.1) is 0 Å². The van der Waals surface area contributed by atoms with Crippen LogP contribution >= 0.6 is 11.3 Å². The smallest absolute Gasteiger partial charge is 0.180 e. The Hall–Kier alpha value is -10.0. The molecule has 6 aromatic heterocycles. The summed E-state index contributed by atoms with van der Waals surface area (Å²) in [6.45, 7) is 0. The van der Waals surface area contributed by atoms with Gasteiger partial charge in [-0.05, 0) is 101 Å². The second-order valence-electron chi connectivity index (χ2n) is 19.0. The number of rotatable bonds is 6. The third-order valence-electron chi connectivity index (χ3n) is 14.6. The van der Waals surface area contributed by atoms with Crippen LogP contribution < -0.4 is 0 Å². The molecule has 0 aliphatic carbocycles. The SMILES string of the molecule is c1cc(-c2cccc(-n3c4ccccc4c4ccccc43)c2)cc(-c2ncnc3c2oc2ccccc23)c1.c1cc(-c2cccc(-n3c4ccccc4c4ccccc43)c2)cc(-c2ncnc3c2sc2ccccc23)c1. The van der Waals surface area contributed by atoms with E-state index in [2.05, 4.69) is 242 Å². The zero-order valence-corrected chi connectivity index (χ0v) is 41.6. The summed E-state index contributed by atoms with van der Waals surface area (Å²) in [7, 11) is 0. The summed E-state index contributed by atoms with van der Waals surface area (Å²) in [5.41, 5.74) is 19.0. The van der Waals surface area contributed by atoms with E-state index >= 15 is 0 Å². The lowest BCUT2D eigenvalue weighted by Crippen LogP contribution is -1.94. The van der Waals surface area contributed by atoms with Crippen molar-refractivity contribution in [2.75, 3.05) is 0 Å². The summed E-state index contributed by atoms with van der Waals surface area (Å²) in [6.07, 6.45) is 3.31. The van der Waals surface area contributed by atoms with Crippen molar-refractivity contribution in [3.63, 3.8) is 0 Å². The van der Waals surface area contributed by atoms with Crippen molar-refractivity contribution in [3.05, 3.63) is 255 Å². The van der Waals surface area contributed by atoms with Gasteiger partial charge in [0.05, 0.1) is 38.0 Å². The van der Waals surface area contributed by atoms with Gasteiger partial charge in [-0.3, -0.25) is 0 Å². The fourth-order valence-electron chi connectivity index (χ4n) is 11.2. The number of para-hydroxylation sites is 5. The van der Waals surface area contributed by atoms with E-state index in [0.717, 1.165) is 77.3 Å². The normalized spacial score (nSPS) is 11.7. The van der Waals surface area contributed by atoms with Gasteiger partial charge in [-0.15, -0.1) is 11.3 Å². The van der Waals surface area contributed by atoms with Crippen molar-refractivity contribution in [2.24, 2.45) is 0 Å². The largest absolute Gasteiger partial charge is 0.452 e. The van der Waals surface area contributed by atoms with E-state index in [4.69, 9.17) is 9.40 Å². The Morgan fingerprint density at radius 1 is 0.316 bits per heavy atom. The molecule has 0 atom stereocenters. The van der Waals surface area contributed by atoms with Gasteiger partial charge < -0.3 is 13.6 Å². The Labute approximate surface area is 439 Å². The van der Waals surface area contributed by atoms with Crippen LogP contribution in [0.2, 0.25) is 0 Å². The molecule has 10 aromatic carbocycles. The minimum Gasteiger partial charge on any atom is -0.452 e. The highest BCUT2D eigenvalue weighted by Gasteiger charge is 2.18. The zero-order chi connectivity index (χ0) is 50.1. The van der Waals surface area contributed by atoms with Crippen LogP contribution in [-0.2, 0) is 0 Å². The fraction of sp³-hybridized carbons (Fsp3) is 0. The molecule has 0 unspecified atom stereocenters. The first-order chi connectivity index (χ1) is 37.7. The summed E-state index contributed by atoms with van der Waals surface area (Å²) in [5.74, 6) is 0. The van der Waals surface area contributed by atoms with Gasteiger partial charge in [0.15, 0.2) is 5.58 Å². The molecular formula is C68H42N6OS. The zero-order valence-electron chi connectivity index (χ0n) is 40.7. The van der Waals surface area contributed by atoms with E-state index in [1.807, 2.05) is 24.3 Å². The summed E-state index contributed by atoms with van der Waals surface area (Å²) in [4.78, 5) is 18.5. The Bertz CT molecular complexity index is 4510. The maximum Gasteiger partial charge on any atom is 0.180 e. The molecule has 0 spiro atoms. The van der Waals surface area contributed by atoms with Crippen LogP contribution in [0.15, 0.2) is 260 Å². The topological polar surface area (TPSA) is 74.6 Å². The Morgan fingerprint density at radius 2 is 0.724 bits per heavy atom. The molecule has 16 rings (SSSR count). The number of aromatic nitrogens is 6. The van der Waals surface area contributed by atoms with Gasteiger partial charge in [0.1, 0.15) is 29.4 Å². The number of fused-ring (bicyclic) bond motifs is 12. The maximum absolute atomic E-state index is 6.21. The first-order valence-corrected chi connectivity index (χ1v) is 26.2. The predicted octanol–water partition coefficient (Wildman–Crippen LogP) is 18.1. The number of benzene rings is 10. The van der Waals surface area contributed by atoms with Crippen molar-refractivity contribution in [2.45, 2.75) is 0 Å². The molecule has 0 fully saturated rings. The molecule has 0 aliphatic rings. The lowest BCUT2D eigenvalue weighted by Gasteiger charge is -2.11. The Morgan fingerprint density at radius 3 is 1.28 bits per heavy atom. The minimum atomic E-state index is 0.713. The highest BCUT2D eigenvalue weighted by atomic mass is 32.1. The summed E-state index contributed by atoms with van der Waals surface area (Å²) in [6, 6.07) is 85.6. The molecule has 0 N–H and O–H groups in total. The third kappa shape index (κ3) is 7.18. The summed E-state index contributed by atoms with van der Waals surface area (Å²) in [5, 5.41) is 7.24. The van der Waals surface area contributed by atoms with Gasteiger partial charge in [0, 0.05) is 59.5 Å². The summed E-state index contributed by atoms with van der Waals surface area (Å²) >= 11 is 1.76. The lowest BCUT2D eigenvalue weighted by molar-refractivity contribution is 0.667. The molecule has 6 heterocycles. The van der Waals surface area contributed by atoms with E-state index in [-0.39, 0.29) is 0 Å². The molecule has 0 saturated heterocycles. The van der Waals surface area contributed by atoms with E-state index in [1.54, 1.807) is 24.0 Å². The van der Waals surface area contributed by atoms with Crippen LogP contribution in [0.25, 0.3) is 142 Å². The van der Waals surface area contributed by atoms with E-state index in [9.17, 15) is 0 Å². The van der Waals surface area contributed by atoms with Crippen molar-refractivity contribution >= 4 is 97.3 Å². The molecule has 0 bridgehead atoms. The van der Waals surface area contributed by atoms with Crippen LogP contribution in [0.4, 0.5) is 0 Å². The molecule has 16 aromatic rings. The first-order valence-electron chi connectivity index (χ1n) is 25.3. The third-order valence-corrected chi connectivity index (χ3v) is 15.8. The van der Waals surface area contributed by atoms with E-state index in [1.165, 1.54) is 59.3 Å².